The normalized spacial score (nSPS) is 13.9. The molecule has 5 atom stereocenters. The van der Waals surface area contributed by atoms with Gasteiger partial charge in [0.25, 0.3) is 0 Å². The van der Waals surface area contributed by atoms with E-state index in [-0.39, 0.29) is 17.9 Å². The highest BCUT2D eigenvalue weighted by Gasteiger charge is 2.35. The van der Waals surface area contributed by atoms with Crippen LogP contribution in [0, 0.1) is 17.8 Å². The molecule has 0 unspecified atom stereocenters. The Bertz CT molecular complexity index is 2130. The molecule has 19 nitrogen and oxygen atoms in total. The number of benzene rings is 2. The molecule has 328 valence electrons. The number of ether oxygens (including phenoxy) is 1. The minimum Gasteiger partial charge on any atom is -0.481 e. The number of aromatic nitrogens is 2. The van der Waals surface area contributed by atoms with E-state index in [0.717, 1.165) is 11.5 Å². The summed E-state index contributed by atoms with van der Waals surface area (Å²) >= 11 is 0. The summed E-state index contributed by atoms with van der Waals surface area (Å²) in [5.41, 5.74) is 1.03. The maximum absolute atomic E-state index is 13.9. The van der Waals surface area contributed by atoms with Gasteiger partial charge in [0.15, 0.2) is 21.4 Å². The minimum absolute atomic E-state index is 0.0885. The molecule has 0 aliphatic carbocycles. The number of sulfone groups is 1. The number of carbonyl (C=O) groups excluding carboxylic acids is 5. The number of Topliss-reactive ketones (excluding diaryl/α,β-unsaturated/α-hetero) is 2. The van der Waals surface area contributed by atoms with Gasteiger partial charge >= 0.3 is 24.0 Å². The number of amides is 3. The van der Waals surface area contributed by atoms with Crippen LogP contribution in [0.3, 0.4) is 0 Å². The van der Waals surface area contributed by atoms with Gasteiger partial charge in [-0.3, -0.25) is 33.6 Å². The smallest absolute Gasteiger partial charge is 0.408 e. The summed E-state index contributed by atoms with van der Waals surface area (Å²) in [6.45, 7) is 3.11. The van der Waals surface area contributed by atoms with Gasteiger partial charge in [0.2, 0.25) is 11.8 Å². The number of carboxylic acid groups (broad SMARTS) is 3. The lowest BCUT2D eigenvalue weighted by atomic mass is 9.89. The van der Waals surface area contributed by atoms with Crippen molar-refractivity contribution < 1.29 is 66.8 Å². The number of hydrogen-bond donors (Lipinski definition) is 7. The lowest BCUT2D eigenvalue weighted by Crippen LogP contribution is -2.48. The second kappa shape index (κ2) is 23.8. The third kappa shape index (κ3) is 17.2. The number of alkyl carbamates (subject to hydrolysis) is 1. The number of imidazole rings is 1. The number of hydrogen-bond acceptors (Lipinski definition) is 12. The zero-order chi connectivity index (χ0) is 45.1. The molecule has 1 heterocycles. The van der Waals surface area contributed by atoms with E-state index in [1.807, 2.05) is 0 Å². The zero-order valence-electron chi connectivity index (χ0n) is 33.4. The largest absolute Gasteiger partial charge is 0.481 e. The summed E-state index contributed by atoms with van der Waals surface area (Å²) in [4.78, 5) is 109. The first-order valence-electron chi connectivity index (χ1n) is 19.1. The van der Waals surface area contributed by atoms with E-state index in [0.29, 0.717) is 11.3 Å². The molecule has 7 N–H and O–H groups in total. The summed E-state index contributed by atoms with van der Waals surface area (Å²) < 4.78 is 30.9. The predicted molar refractivity (Wildman–Crippen MR) is 215 cm³/mol. The molecule has 0 bridgehead atoms. The molecule has 2 aromatic carbocycles. The maximum Gasteiger partial charge on any atom is 0.408 e. The molecule has 0 saturated heterocycles. The zero-order valence-corrected chi connectivity index (χ0v) is 34.2. The summed E-state index contributed by atoms with van der Waals surface area (Å²) in [7, 11) is -4.05. The Morgan fingerprint density at radius 1 is 0.754 bits per heavy atom. The topological polar surface area (TPSA) is 305 Å². The van der Waals surface area contributed by atoms with Crippen LogP contribution in [-0.4, -0.2) is 99.2 Å². The number of carboxylic acids is 3. The van der Waals surface area contributed by atoms with E-state index in [1.54, 1.807) is 50.2 Å². The van der Waals surface area contributed by atoms with E-state index in [1.165, 1.54) is 36.8 Å². The van der Waals surface area contributed by atoms with Crippen LogP contribution < -0.4 is 16.0 Å². The van der Waals surface area contributed by atoms with Gasteiger partial charge < -0.3 is 41.0 Å². The van der Waals surface area contributed by atoms with E-state index in [9.17, 15) is 62.1 Å². The minimum atomic E-state index is -4.05. The Kier molecular flexibility index (Phi) is 19.0. The number of carbonyl (C=O) groups is 8. The first-order chi connectivity index (χ1) is 28.8. The van der Waals surface area contributed by atoms with Gasteiger partial charge in [-0.1, -0.05) is 62.4 Å². The second-order valence-corrected chi connectivity index (χ2v) is 16.3. The van der Waals surface area contributed by atoms with Gasteiger partial charge in [-0.05, 0) is 36.1 Å². The molecular weight excluding hydrogens is 819 g/mol. The molecule has 0 saturated carbocycles. The maximum atomic E-state index is 13.9. The third-order valence-corrected chi connectivity index (χ3v) is 10.7. The van der Waals surface area contributed by atoms with Gasteiger partial charge in [0.1, 0.15) is 6.61 Å². The van der Waals surface area contributed by atoms with Crippen LogP contribution in [0.4, 0.5) is 4.79 Å². The average Bonchev–Trinajstić information content (AvgIpc) is 3.72. The quantitative estimate of drug-likeness (QED) is 0.0610. The van der Waals surface area contributed by atoms with Crippen molar-refractivity contribution in [3.05, 3.63) is 95.9 Å². The second-order valence-electron chi connectivity index (χ2n) is 14.4. The fourth-order valence-corrected chi connectivity index (χ4v) is 7.16. The Morgan fingerprint density at radius 2 is 1.36 bits per heavy atom. The van der Waals surface area contributed by atoms with Gasteiger partial charge in [-0.25, -0.2) is 18.2 Å². The number of nitrogens with one attached hydrogen (secondary N) is 4. The van der Waals surface area contributed by atoms with Crippen LogP contribution in [-0.2, 0) is 61.2 Å². The van der Waals surface area contributed by atoms with Crippen molar-refractivity contribution in [2.75, 3.05) is 0 Å². The molecule has 20 heteroatoms. The van der Waals surface area contributed by atoms with E-state index in [4.69, 9.17) is 4.74 Å². The number of H-pyrrole nitrogens is 1. The Hall–Kier alpha value is -6.70. The van der Waals surface area contributed by atoms with E-state index < -0.39 is 132 Å². The van der Waals surface area contributed by atoms with Crippen LogP contribution in [0.25, 0.3) is 0 Å². The lowest BCUT2D eigenvalue weighted by Gasteiger charge is -2.25. The molecule has 0 spiro atoms. The molecule has 3 amide bonds. The molecule has 0 fully saturated rings. The van der Waals surface area contributed by atoms with Gasteiger partial charge in [-0.15, -0.1) is 0 Å². The molecular formula is C41H49N5O14S. The molecule has 61 heavy (non-hydrogen) atoms. The highest BCUT2D eigenvalue weighted by atomic mass is 32.2. The van der Waals surface area contributed by atoms with Crippen molar-refractivity contribution in [1.82, 2.24) is 25.9 Å². The Balaban J connectivity index is 1.82. The fourth-order valence-electron chi connectivity index (χ4n) is 6.07. The van der Waals surface area contributed by atoms with Crippen molar-refractivity contribution in [3.8, 4) is 0 Å². The lowest BCUT2D eigenvalue weighted by molar-refractivity contribution is -0.143. The number of nitrogens with zero attached hydrogens (tertiary/aromatic N) is 1. The monoisotopic (exact) mass is 867 g/mol. The molecule has 0 aliphatic rings. The third-order valence-electron chi connectivity index (χ3n) is 9.21. The predicted octanol–water partition coefficient (Wildman–Crippen LogP) is 2.83. The van der Waals surface area contributed by atoms with Crippen molar-refractivity contribution in [1.29, 1.82) is 0 Å². The van der Waals surface area contributed by atoms with E-state index >= 15 is 0 Å². The van der Waals surface area contributed by atoms with Crippen LogP contribution in [0.5, 0.6) is 0 Å². The first-order valence-corrected chi connectivity index (χ1v) is 20.6. The van der Waals surface area contributed by atoms with E-state index in [2.05, 4.69) is 25.9 Å². The standard InChI is InChI=1S/C41H49N5O14S/c1-25(2)38(46-41(57)60-23-26-9-5-3-6-10-26)34(48)19-28(20-36(51)52)40(56)45-32(13-14-35(49)50)33(47)18-27(17-30-22-42-24-43-30)39(55)44-29(21-37(53)54)15-16-61(58,59)31-11-7-4-8-12-31/h3-12,15-16,22,24-25,27-29,32,38H,13-14,17-21,23H2,1-2H3,(H,42,43)(H,44,55)(H,45,56)(H,46,57)(H,49,50)(H,51,52)(H,53,54)/b16-15+/t27-,28+,29-,32+,38+/m1/s1. The number of rotatable bonds is 26. The van der Waals surface area contributed by atoms with Crippen molar-refractivity contribution in [2.45, 2.75) is 88.4 Å². The SMILES string of the molecule is CC(C)[C@H](NC(=O)OCc1ccccc1)C(=O)C[C@@H](CC(=O)O)C(=O)N[C@@H](CCC(=O)O)C(=O)C[C@@H](Cc1cnc[nH]1)C(=O)N[C@H](/C=C/S(=O)(=O)c1ccccc1)CC(=O)O. The summed E-state index contributed by atoms with van der Waals surface area (Å²) in [5, 5.41) is 36.6. The number of ketones is 2. The van der Waals surface area contributed by atoms with Crippen LogP contribution in [0.15, 0.2) is 89.6 Å². The number of aliphatic carboxylic acids is 3. The van der Waals surface area contributed by atoms with Crippen LogP contribution in [0.2, 0.25) is 0 Å². The Labute approximate surface area is 351 Å². The Morgan fingerprint density at radius 3 is 1.93 bits per heavy atom. The molecule has 1 aromatic heterocycles. The van der Waals surface area contributed by atoms with Gasteiger partial charge in [0, 0.05) is 43.0 Å². The van der Waals surface area contributed by atoms with Crippen molar-refractivity contribution >= 4 is 57.2 Å². The van der Waals surface area contributed by atoms with Crippen molar-refractivity contribution in [3.63, 3.8) is 0 Å². The highest BCUT2D eigenvalue weighted by molar-refractivity contribution is 7.94. The molecule has 3 rings (SSSR count). The van der Waals surface area contributed by atoms with Gasteiger partial charge in [0.05, 0.1) is 54.0 Å². The fraction of sp³-hybridized carbons (Fsp3) is 0.390. The molecule has 0 radical (unpaired) electrons. The summed E-state index contributed by atoms with van der Waals surface area (Å²) in [5.74, 6) is -11.2. The van der Waals surface area contributed by atoms with Crippen LogP contribution >= 0.6 is 0 Å². The van der Waals surface area contributed by atoms with Gasteiger partial charge in [-0.2, -0.15) is 0 Å². The highest BCUT2D eigenvalue weighted by Crippen LogP contribution is 2.20. The number of aromatic amines is 1. The first kappa shape index (κ1) is 48.7. The molecule has 0 aliphatic heterocycles. The summed E-state index contributed by atoms with van der Waals surface area (Å²) in [6.07, 6.45) is -1.67. The average molecular weight is 868 g/mol. The van der Waals surface area contributed by atoms with Crippen molar-refractivity contribution in [2.24, 2.45) is 17.8 Å². The summed E-state index contributed by atoms with van der Waals surface area (Å²) in [6, 6.07) is 11.7. The molecule has 3 aromatic rings. The van der Waals surface area contributed by atoms with Crippen LogP contribution in [0.1, 0.15) is 63.6 Å².